The Morgan fingerprint density at radius 1 is 1.41 bits per heavy atom. The van der Waals surface area contributed by atoms with Gasteiger partial charge in [0, 0.05) is 45.8 Å². The van der Waals surface area contributed by atoms with Gasteiger partial charge >= 0.3 is 6.03 Å². The molecule has 1 aromatic carbocycles. The van der Waals surface area contributed by atoms with Crippen molar-refractivity contribution >= 4 is 17.6 Å². The highest BCUT2D eigenvalue weighted by Crippen LogP contribution is 2.21. The third-order valence-corrected chi connectivity index (χ3v) is 5.04. The highest BCUT2D eigenvalue weighted by molar-refractivity contribution is 5.82. The average Bonchev–Trinajstić information content (AvgIpc) is 2.66. The van der Waals surface area contributed by atoms with Crippen LogP contribution in [0.15, 0.2) is 18.2 Å². The normalized spacial score (nSPS) is 20.4. The minimum absolute atomic E-state index is 0.106. The Morgan fingerprint density at radius 3 is 3.00 bits per heavy atom. The van der Waals surface area contributed by atoms with Gasteiger partial charge in [-0.05, 0) is 30.5 Å². The van der Waals surface area contributed by atoms with Crippen LogP contribution in [-0.2, 0) is 16.1 Å². The fraction of sp³-hybridized carbons (Fsp3) is 0.579. The van der Waals surface area contributed by atoms with Gasteiger partial charge in [-0.25, -0.2) is 9.18 Å². The number of benzene rings is 1. The average molecular weight is 378 g/mol. The molecular formula is C19H27FN4O3. The summed E-state index contributed by atoms with van der Waals surface area (Å²) in [5.74, 6) is -0.118. The molecule has 8 heteroatoms. The van der Waals surface area contributed by atoms with Crippen LogP contribution >= 0.6 is 0 Å². The van der Waals surface area contributed by atoms with Gasteiger partial charge in [0.25, 0.3) is 0 Å². The van der Waals surface area contributed by atoms with Gasteiger partial charge in [0.2, 0.25) is 5.91 Å². The zero-order chi connectivity index (χ0) is 19.2. The topological polar surface area (TPSA) is 73.9 Å². The molecule has 3 rings (SSSR count). The third-order valence-electron chi connectivity index (χ3n) is 5.04. The maximum atomic E-state index is 14.5. The van der Waals surface area contributed by atoms with Gasteiger partial charge in [-0.2, -0.15) is 0 Å². The second-order valence-electron chi connectivity index (χ2n) is 7.13. The summed E-state index contributed by atoms with van der Waals surface area (Å²) in [6.07, 6.45) is 2.03. The lowest BCUT2D eigenvalue weighted by Crippen LogP contribution is -2.48. The van der Waals surface area contributed by atoms with Crippen LogP contribution in [-0.4, -0.2) is 63.3 Å². The highest BCUT2D eigenvalue weighted by Gasteiger charge is 2.23. The van der Waals surface area contributed by atoms with Crippen LogP contribution in [0.3, 0.4) is 0 Å². The number of likely N-dealkylation sites (tertiary alicyclic amines) is 1. The van der Waals surface area contributed by atoms with Gasteiger partial charge in [-0.1, -0.05) is 6.07 Å². The van der Waals surface area contributed by atoms with E-state index in [1.165, 1.54) is 6.07 Å². The van der Waals surface area contributed by atoms with E-state index in [9.17, 15) is 14.0 Å². The molecule has 0 radical (unpaired) electrons. The molecule has 0 spiro atoms. The third kappa shape index (κ3) is 5.09. The first-order chi connectivity index (χ1) is 13.1. The SMILES string of the molecule is COC[C@@H]1CCCN(C(=O)NCc2ccc(N3CCNC(=O)C3)c(F)c2)C1. The molecule has 2 heterocycles. The molecular weight excluding hydrogens is 351 g/mol. The fourth-order valence-electron chi connectivity index (χ4n) is 3.67. The van der Waals surface area contributed by atoms with Gasteiger partial charge in [0.1, 0.15) is 5.82 Å². The monoisotopic (exact) mass is 378 g/mol. The number of carbonyl (C=O) groups is 2. The predicted octanol–water partition coefficient (Wildman–Crippen LogP) is 1.33. The second-order valence-corrected chi connectivity index (χ2v) is 7.13. The second kappa shape index (κ2) is 9.03. The van der Waals surface area contributed by atoms with E-state index in [1.807, 2.05) is 0 Å². The molecule has 148 valence electrons. The van der Waals surface area contributed by atoms with Crippen LogP contribution in [0.5, 0.6) is 0 Å². The number of nitrogens with one attached hydrogen (secondary N) is 2. The van der Waals surface area contributed by atoms with Crippen molar-refractivity contribution in [2.75, 3.05) is 51.3 Å². The van der Waals surface area contributed by atoms with Gasteiger partial charge in [-0.3, -0.25) is 4.79 Å². The van der Waals surface area contributed by atoms with Gasteiger partial charge in [-0.15, -0.1) is 0 Å². The maximum absolute atomic E-state index is 14.5. The van der Waals surface area contributed by atoms with Crippen molar-refractivity contribution in [3.05, 3.63) is 29.6 Å². The summed E-state index contributed by atoms with van der Waals surface area (Å²) >= 11 is 0. The first-order valence-electron chi connectivity index (χ1n) is 9.38. The number of nitrogens with zero attached hydrogens (tertiary/aromatic N) is 2. The summed E-state index contributed by atoms with van der Waals surface area (Å²) < 4.78 is 19.7. The molecule has 3 amide bonds. The largest absolute Gasteiger partial charge is 0.384 e. The van der Waals surface area contributed by atoms with Crippen LogP contribution in [0.4, 0.5) is 14.9 Å². The number of hydrogen-bond donors (Lipinski definition) is 2. The number of carbonyl (C=O) groups excluding carboxylic acids is 2. The molecule has 27 heavy (non-hydrogen) atoms. The van der Waals surface area contributed by atoms with E-state index in [4.69, 9.17) is 4.74 Å². The van der Waals surface area contributed by atoms with Gasteiger partial charge in [0.05, 0.1) is 18.8 Å². The number of halogens is 1. The Balaban J connectivity index is 1.54. The summed E-state index contributed by atoms with van der Waals surface area (Å²) in [4.78, 5) is 27.4. The number of hydrogen-bond acceptors (Lipinski definition) is 4. The lowest BCUT2D eigenvalue weighted by atomic mass is 9.99. The molecule has 2 aliphatic heterocycles. The predicted molar refractivity (Wildman–Crippen MR) is 100 cm³/mol. The fourth-order valence-corrected chi connectivity index (χ4v) is 3.67. The van der Waals surface area contributed by atoms with E-state index < -0.39 is 0 Å². The Kier molecular flexibility index (Phi) is 6.49. The zero-order valence-corrected chi connectivity index (χ0v) is 15.7. The Morgan fingerprint density at radius 2 is 2.26 bits per heavy atom. The first kappa shape index (κ1) is 19.4. The van der Waals surface area contributed by atoms with E-state index in [2.05, 4.69) is 10.6 Å². The summed E-state index contributed by atoms with van der Waals surface area (Å²) in [7, 11) is 1.67. The van der Waals surface area contributed by atoms with Crippen molar-refractivity contribution in [1.29, 1.82) is 0 Å². The van der Waals surface area contributed by atoms with E-state index in [0.29, 0.717) is 43.4 Å². The standard InChI is InChI=1S/C19H27FN4O3/c1-27-13-15-3-2-7-24(11-15)19(26)22-10-14-4-5-17(16(20)9-14)23-8-6-21-18(25)12-23/h4-5,9,15H,2-3,6-8,10-13H2,1H3,(H,21,25)(H,22,26)/t15-/m1/s1. The molecule has 1 aromatic rings. The van der Waals surface area contributed by atoms with E-state index in [-0.39, 0.29) is 30.8 Å². The minimum atomic E-state index is -0.380. The number of amides is 3. The number of anilines is 1. The number of piperazine rings is 1. The van der Waals surface area contributed by atoms with Crippen LogP contribution in [0, 0.1) is 11.7 Å². The number of urea groups is 1. The van der Waals surface area contributed by atoms with Crippen LogP contribution < -0.4 is 15.5 Å². The van der Waals surface area contributed by atoms with E-state index in [0.717, 1.165) is 19.4 Å². The molecule has 0 unspecified atom stereocenters. The molecule has 2 fully saturated rings. The number of methoxy groups -OCH3 is 1. The minimum Gasteiger partial charge on any atom is -0.384 e. The van der Waals surface area contributed by atoms with Crippen LogP contribution in [0.25, 0.3) is 0 Å². The molecule has 7 nitrogen and oxygen atoms in total. The summed E-state index contributed by atoms with van der Waals surface area (Å²) in [6, 6.07) is 4.75. The number of ether oxygens (including phenoxy) is 1. The van der Waals surface area contributed by atoms with Crippen molar-refractivity contribution in [3.8, 4) is 0 Å². The molecule has 2 N–H and O–H groups in total. The Labute approximate surface area is 158 Å². The van der Waals surface area contributed by atoms with Gasteiger partial charge < -0.3 is 25.2 Å². The van der Waals surface area contributed by atoms with Crippen molar-refractivity contribution < 1.29 is 18.7 Å². The van der Waals surface area contributed by atoms with Crippen molar-refractivity contribution in [3.63, 3.8) is 0 Å². The molecule has 0 bridgehead atoms. The Bertz CT molecular complexity index is 683. The van der Waals surface area contributed by atoms with Crippen molar-refractivity contribution in [2.24, 2.45) is 5.92 Å². The van der Waals surface area contributed by atoms with E-state index >= 15 is 0 Å². The summed E-state index contributed by atoms with van der Waals surface area (Å²) in [6.45, 7) is 3.59. The highest BCUT2D eigenvalue weighted by atomic mass is 19.1. The quantitative estimate of drug-likeness (QED) is 0.811. The summed E-state index contributed by atoms with van der Waals surface area (Å²) in [5, 5.41) is 5.59. The Hall–Kier alpha value is -2.35. The lowest BCUT2D eigenvalue weighted by Gasteiger charge is -2.32. The number of piperidine rings is 1. The molecule has 0 aliphatic carbocycles. The van der Waals surface area contributed by atoms with Gasteiger partial charge in [0.15, 0.2) is 0 Å². The zero-order valence-electron chi connectivity index (χ0n) is 15.7. The number of rotatable bonds is 5. The molecule has 0 saturated carbocycles. The van der Waals surface area contributed by atoms with Crippen LogP contribution in [0.1, 0.15) is 18.4 Å². The molecule has 0 aromatic heterocycles. The van der Waals surface area contributed by atoms with Crippen LogP contribution in [0.2, 0.25) is 0 Å². The van der Waals surface area contributed by atoms with Crippen molar-refractivity contribution in [2.45, 2.75) is 19.4 Å². The van der Waals surface area contributed by atoms with Crippen molar-refractivity contribution in [1.82, 2.24) is 15.5 Å². The summed E-state index contributed by atoms with van der Waals surface area (Å²) in [5.41, 5.74) is 1.11. The van der Waals surface area contributed by atoms with E-state index in [1.54, 1.807) is 29.0 Å². The maximum Gasteiger partial charge on any atom is 0.317 e. The first-order valence-corrected chi connectivity index (χ1v) is 9.38. The molecule has 1 atom stereocenters. The lowest BCUT2D eigenvalue weighted by molar-refractivity contribution is -0.120. The smallest absolute Gasteiger partial charge is 0.317 e. The molecule has 2 saturated heterocycles. The molecule has 2 aliphatic rings.